The average molecular weight is 475 g/mol. The van der Waals surface area contributed by atoms with E-state index in [1.54, 1.807) is 6.07 Å². The molecule has 3 aromatic rings. The Labute approximate surface area is 193 Å². The zero-order valence-corrected chi connectivity index (χ0v) is 18.7. The number of rotatable bonds is 5. The van der Waals surface area contributed by atoms with Gasteiger partial charge in [0.05, 0.1) is 25.5 Å². The van der Waals surface area contributed by atoms with E-state index < -0.39 is 11.9 Å². The zero-order chi connectivity index (χ0) is 24.6. The van der Waals surface area contributed by atoms with E-state index in [9.17, 15) is 13.2 Å². The van der Waals surface area contributed by atoms with Gasteiger partial charge in [-0.3, -0.25) is 4.40 Å². The van der Waals surface area contributed by atoms with Gasteiger partial charge in [-0.15, -0.1) is 0 Å². The summed E-state index contributed by atoms with van der Waals surface area (Å²) < 4.78 is 46.3. The van der Waals surface area contributed by atoms with Gasteiger partial charge in [0.1, 0.15) is 11.5 Å². The maximum atomic E-state index is 13.2. The van der Waals surface area contributed by atoms with Crippen LogP contribution in [0.25, 0.3) is 17.2 Å². The van der Waals surface area contributed by atoms with Gasteiger partial charge in [0.25, 0.3) is 0 Å². The van der Waals surface area contributed by atoms with E-state index in [0.29, 0.717) is 17.9 Å². The molecule has 13 heteroatoms. The largest absolute Gasteiger partial charge is 0.481 e. The third kappa shape index (κ3) is 4.25. The summed E-state index contributed by atoms with van der Waals surface area (Å²) in [6.45, 7) is 4.56. The van der Waals surface area contributed by atoms with Crippen LogP contribution in [0.2, 0.25) is 0 Å². The number of nitrogens with two attached hydrogens (primary N) is 1. The van der Waals surface area contributed by atoms with Crippen LogP contribution in [0.5, 0.6) is 5.88 Å². The minimum Gasteiger partial charge on any atom is -0.481 e. The Bertz CT molecular complexity index is 1240. The highest BCUT2D eigenvalue weighted by Crippen LogP contribution is 2.31. The Morgan fingerprint density at radius 3 is 2.68 bits per heavy atom. The molecule has 3 unspecified atom stereocenters. The molecule has 4 heterocycles. The molecular formula is C21H24F3N9O. The third-order valence-electron chi connectivity index (χ3n) is 5.73. The number of fused-ring (bicyclic) bond motifs is 1. The summed E-state index contributed by atoms with van der Waals surface area (Å²) in [5, 5.41) is 11.1. The molecular weight excluding hydrogens is 451 g/mol. The molecule has 1 fully saturated rings. The molecule has 4 rings (SSSR count). The standard InChI is InChI=1S/C21H24F3N9O/c1-11-9-32(12(2)19(29-11)13(5-25)6-26)16-4-18(34-3)31-20(30-16)14-7-28-17-8-27-15(10-33(14)17)21(22,23)24/h4-8,10-12,19,25,29H,9,26H2,1-3H3/b13-6+,25-5?. The Hall–Kier alpha value is -3.74. The van der Waals surface area contributed by atoms with Crippen LogP contribution in [-0.4, -0.2) is 62.3 Å². The van der Waals surface area contributed by atoms with E-state index in [1.165, 1.54) is 30.1 Å². The number of hydrogen-bond donors (Lipinski definition) is 3. The number of halogens is 3. The first-order valence-electron chi connectivity index (χ1n) is 10.4. The number of nitrogens with zero attached hydrogens (tertiary/aromatic N) is 6. The van der Waals surface area contributed by atoms with E-state index >= 15 is 0 Å². The van der Waals surface area contributed by atoms with Crippen molar-refractivity contribution >= 4 is 17.7 Å². The molecule has 3 aromatic heterocycles. The summed E-state index contributed by atoms with van der Waals surface area (Å²) in [5.41, 5.74) is 5.78. The predicted molar refractivity (Wildman–Crippen MR) is 120 cm³/mol. The molecule has 34 heavy (non-hydrogen) atoms. The SMILES string of the molecule is COc1cc(N2CC(C)NC(/C(C=N)=C/N)C2C)nc(-c2cnc3cnc(C(F)(F)F)cn23)n1. The van der Waals surface area contributed by atoms with Crippen molar-refractivity contribution in [2.24, 2.45) is 5.73 Å². The lowest BCUT2D eigenvalue weighted by molar-refractivity contribution is -0.141. The Balaban J connectivity index is 1.81. The van der Waals surface area contributed by atoms with Crippen LogP contribution in [0.4, 0.5) is 19.0 Å². The molecule has 180 valence electrons. The molecule has 0 radical (unpaired) electrons. The van der Waals surface area contributed by atoms with Crippen LogP contribution in [0, 0.1) is 5.41 Å². The molecule has 1 aliphatic rings. The molecule has 0 saturated carbocycles. The predicted octanol–water partition coefficient (Wildman–Crippen LogP) is 2.26. The summed E-state index contributed by atoms with van der Waals surface area (Å²) in [7, 11) is 1.45. The first kappa shape index (κ1) is 23.4. The highest BCUT2D eigenvalue weighted by Gasteiger charge is 2.35. The highest BCUT2D eigenvalue weighted by atomic mass is 19.4. The van der Waals surface area contributed by atoms with Crippen molar-refractivity contribution in [3.8, 4) is 17.4 Å². The maximum Gasteiger partial charge on any atom is 0.434 e. The van der Waals surface area contributed by atoms with Crippen LogP contribution < -0.4 is 20.7 Å². The maximum absolute atomic E-state index is 13.2. The first-order valence-corrected chi connectivity index (χ1v) is 10.4. The Morgan fingerprint density at radius 2 is 2.03 bits per heavy atom. The number of alkyl halides is 3. The topological polar surface area (TPSA) is 130 Å². The summed E-state index contributed by atoms with van der Waals surface area (Å²) in [6, 6.07) is 1.32. The highest BCUT2D eigenvalue weighted by molar-refractivity contribution is 5.78. The second-order valence-electron chi connectivity index (χ2n) is 7.98. The fourth-order valence-electron chi connectivity index (χ4n) is 4.04. The molecule has 4 N–H and O–H groups in total. The van der Waals surface area contributed by atoms with Gasteiger partial charge in [0, 0.05) is 48.9 Å². The number of piperazine rings is 1. The van der Waals surface area contributed by atoms with Gasteiger partial charge in [-0.1, -0.05) is 0 Å². The van der Waals surface area contributed by atoms with Crippen molar-refractivity contribution in [1.29, 1.82) is 5.41 Å². The summed E-state index contributed by atoms with van der Waals surface area (Å²) in [6.07, 6.45) is 1.31. The quantitative estimate of drug-likeness (QED) is 0.479. The smallest absolute Gasteiger partial charge is 0.434 e. The second kappa shape index (κ2) is 8.89. The van der Waals surface area contributed by atoms with Crippen molar-refractivity contribution in [3.05, 3.63) is 42.1 Å². The average Bonchev–Trinajstić information content (AvgIpc) is 3.24. The molecule has 0 amide bonds. The molecule has 3 atom stereocenters. The summed E-state index contributed by atoms with van der Waals surface area (Å²) in [5.74, 6) is 0.920. The van der Waals surface area contributed by atoms with E-state index in [-0.39, 0.29) is 41.2 Å². The van der Waals surface area contributed by atoms with Crippen LogP contribution in [0.15, 0.2) is 36.4 Å². The number of nitrogens with one attached hydrogen (secondary N) is 2. The number of hydrogen-bond acceptors (Lipinski definition) is 9. The minimum absolute atomic E-state index is 0.0386. The number of imidazole rings is 1. The van der Waals surface area contributed by atoms with Crippen LogP contribution in [-0.2, 0) is 6.18 Å². The lowest BCUT2D eigenvalue weighted by Gasteiger charge is -2.44. The fraction of sp³-hybridized carbons (Fsp3) is 0.381. The van der Waals surface area contributed by atoms with Crippen molar-refractivity contribution < 1.29 is 17.9 Å². The van der Waals surface area contributed by atoms with Gasteiger partial charge < -0.3 is 26.1 Å². The van der Waals surface area contributed by atoms with Crippen LogP contribution in [0.1, 0.15) is 19.5 Å². The molecule has 0 bridgehead atoms. The summed E-state index contributed by atoms with van der Waals surface area (Å²) >= 11 is 0. The normalized spacial score (nSPS) is 21.6. The molecule has 0 aromatic carbocycles. The van der Waals surface area contributed by atoms with Crippen LogP contribution >= 0.6 is 0 Å². The lowest BCUT2D eigenvalue weighted by atomic mass is 9.96. The van der Waals surface area contributed by atoms with Crippen molar-refractivity contribution in [3.63, 3.8) is 0 Å². The van der Waals surface area contributed by atoms with Crippen molar-refractivity contribution in [2.75, 3.05) is 18.6 Å². The van der Waals surface area contributed by atoms with Gasteiger partial charge in [0.2, 0.25) is 5.88 Å². The molecule has 1 aliphatic heterocycles. The third-order valence-corrected chi connectivity index (χ3v) is 5.73. The Kier molecular flexibility index (Phi) is 6.13. The fourth-order valence-corrected chi connectivity index (χ4v) is 4.04. The van der Waals surface area contributed by atoms with Gasteiger partial charge >= 0.3 is 6.18 Å². The number of ether oxygens (including phenoxy) is 1. The molecule has 0 aliphatic carbocycles. The first-order chi connectivity index (χ1) is 16.2. The van der Waals surface area contributed by atoms with E-state index in [1.807, 2.05) is 18.7 Å². The Morgan fingerprint density at radius 1 is 1.26 bits per heavy atom. The van der Waals surface area contributed by atoms with E-state index in [4.69, 9.17) is 15.9 Å². The number of methoxy groups -OCH3 is 1. The second-order valence-corrected chi connectivity index (χ2v) is 7.98. The van der Waals surface area contributed by atoms with Crippen molar-refractivity contribution in [1.82, 2.24) is 29.7 Å². The van der Waals surface area contributed by atoms with E-state index in [2.05, 4.69) is 25.3 Å². The van der Waals surface area contributed by atoms with Gasteiger partial charge in [-0.05, 0) is 13.8 Å². The minimum atomic E-state index is -4.61. The van der Waals surface area contributed by atoms with Crippen LogP contribution in [0.3, 0.4) is 0 Å². The summed E-state index contributed by atoms with van der Waals surface area (Å²) in [4.78, 5) is 18.6. The van der Waals surface area contributed by atoms with Gasteiger partial charge in [0.15, 0.2) is 17.2 Å². The van der Waals surface area contributed by atoms with Crippen molar-refractivity contribution in [2.45, 2.75) is 38.1 Å². The number of aromatic nitrogens is 5. The molecule has 1 saturated heterocycles. The van der Waals surface area contributed by atoms with Gasteiger partial charge in [-0.2, -0.15) is 18.2 Å². The lowest BCUT2D eigenvalue weighted by Crippen LogP contribution is -2.61. The van der Waals surface area contributed by atoms with Gasteiger partial charge in [-0.25, -0.2) is 15.0 Å². The zero-order valence-electron chi connectivity index (χ0n) is 18.7. The number of anilines is 1. The molecule has 10 nitrogen and oxygen atoms in total. The molecule has 0 spiro atoms. The monoisotopic (exact) mass is 475 g/mol. The van der Waals surface area contributed by atoms with E-state index in [0.717, 1.165) is 12.4 Å².